The Kier molecular flexibility index (Phi) is 5.45. The second kappa shape index (κ2) is 5.51. The largest absolute Gasteiger partial charge is 0.304 e. The van der Waals surface area contributed by atoms with Gasteiger partial charge >= 0.3 is 0 Å². The molecule has 0 bridgehead atoms. The Morgan fingerprint density at radius 3 is 2.09 bits per heavy atom. The molecule has 2 N–H and O–H groups in total. The molecule has 11 heavy (non-hydrogen) atoms. The van der Waals surface area contributed by atoms with Gasteiger partial charge in [-0.05, 0) is 33.4 Å². The molecule has 0 saturated carbocycles. The molecule has 0 radical (unpaired) electrons. The molecule has 0 aromatic heterocycles. The van der Waals surface area contributed by atoms with Crippen LogP contribution in [0.2, 0.25) is 0 Å². The number of thiol groups is 1. The molecule has 1 rings (SSSR count). The van der Waals surface area contributed by atoms with Crippen LogP contribution < -0.4 is 5.14 Å². The molecule has 1 heterocycles. The van der Waals surface area contributed by atoms with Crippen molar-refractivity contribution in [1.82, 2.24) is 4.90 Å². The molecule has 0 amide bonds. The second-order valence-electron chi connectivity index (χ2n) is 2.76. The minimum absolute atomic E-state index is 0.847. The molecule has 0 aliphatic carbocycles. The van der Waals surface area contributed by atoms with Crippen LogP contribution in [0.1, 0.15) is 19.8 Å². The summed E-state index contributed by atoms with van der Waals surface area (Å²) in [4.78, 5) is 2.40. The van der Waals surface area contributed by atoms with E-state index in [2.05, 4.69) is 24.0 Å². The van der Waals surface area contributed by atoms with Crippen molar-refractivity contribution >= 4 is 10.9 Å². The standard InChI is InChI=1S/C6H13N.H3NO2S/c1-6-4-3-5-7(6)2;1-4(2)3/h6H,3-5H2,1-2H3;4H,(H2,1,2,3). The lowest BCUT2D eigenvalue weighted by Gasteiger charge is -2.12. The van der Waals surface area contributed by atoms with E-state index in [0.717, 1.165) is 6.04 Å². The monoisotopic (exact) mass is 180 g/mol. The fraction of sp³-hybridized carbons (Fsp3) is 1.00. The quantitative estimate of drug-likeness (QED) is 0.497. The zero-order valence-electron chi connectivity index (χ0n) is 6.99. The minimum atomic E-state index is -2.62. The SMILES string of the molecule is CC1CCCN1C.N[SH](=O)=O. The first-order chi connectivity index (χ1) is 5.04. The third kappa shape index (κ3) is 6.28. The number of nitrogens with zero attached hydrogens (tertiary/aromatic N) is 1. The van der Waals surface area contributed by atoms with Crippen molar-refractivity contribution in [2.24, 2.45) is 5.14 Å². The summed E-state index contributed by atoms with van der Waals surface area (Å²) in [5.74, 6) is 0. The van der Waals surface area contributed by atoms with Gasteiger partial charge < -0.3 is 4.90 Å². The normalized spacial score (nSPS) is 24.9. The Balaban J connectivity index is 0.000000218. The summed E-state index contributed by atoms with van der Waals surface area (Å²) >= 11 is 0. The van der Waals surface area contributed by atoms with E-state index in [1.165, 1.54) is 19.4 Å². The van der Waals surface area contributed by atoms with Crippen molar-refractivity contribution in [1.29, 1.82) is 0 Å². The van der Waals surface area contributed by atoms with Crippen LogP contribution in [0.25, 0.3) is 0 Å². The van der Waals surface area contributed by atoms with Gasteiger partial charge in [0.2, 0.25) is 0 Å². The molecule has 1 aliphatic rings. The topological polar surface area (TPSA) is 63.4 Å². The van der Waals surface area contributed by atoms with Gasteiger partial charge in [0.15, 0.2) is 10.9 Å². The van der Waals surface area contributed by atoms with Crippen LogP contribution in [0.5, 0.6) is 0 Å². The van der Waals surface area contributed by atoms with Gasteiger partial charge in [0.1, 0.15) is 0 Å². The van der Waals surface area contributed by atoms with Crippen LogP contribution in [-0.4, -0.2) is 33.0 Å². The summed E-state index contributed by atoms with van der Waals surface area (Å²) in [6.45, 7) is 3.59. The molecule has 5 heteroatoms. The van der Waals surface area contributed by atoms with E-state index >= 15 is 0 Å². The van der Waals surface area contributed by atoms with Gasteiger partial charge in [-0.2, -0.15) is 0 Å². The second-order valence-corrected chi connectivity index (χ2v) is 3.33. The molecule has 1 aliphatic heterocycles. The molecule has 1 atom stereocenters. The lowest BCUT2D eigenvalue weighted by atomic mass is 10.3. The molecule has 0 aromatic rings. The Morgan fingerprint density at radius 2 is 2.00 bits per heavy atom. The Morgan fingerprint density at radius 1 is 1.55 bits per heavy atom. The Bertz CT molecular complexity index is 154. The van der Waals surface area contributed by atoms with E-state index in [4.69, 9.17) is 8.42 Å². The first-order valence-electron chi connectivity index (χ1n) is 3.63. The highest BCUT2D eigenvalue weighted by molar-refractivity contribution is 7.69. The van der Waals surface area contributed by atoms with E-state index in [1.54, 1.807) is 0 Å². The first kappa shape index (κ1) is 10.9. The third-order valence-corrected chi connectivity index (χ3v) is 1.89. The molecule has 0 aromatic carbocycles. The molecular formula is C6H16N2O2S. The van der Waals surface area contributed by atoms with Crippen LogP contribution in [0.15, 0.2) is 0 Å². The molecule has 1 saturated heterocycles. The lowest BCUT2D eigenvalue weighted by Crippen LogP contribution is -2.20. The highest BCUT2D eigenvalue weighted by atomic mass is 32.2. The average molecular weight is 180 g/mol. The van der Waals surface area contributed by atoms with Crippen LogP contribution in [0.4, 0.5) is 0 Å². The van der Waals surface area contributed by atoms with Crippen LogP contribution in [-0.2, 0) is 10.9 Å². The number of rotatable bonds is 0. The minimum Gasteiger partial charge on any atom is -0.304 e. The fourth-order valence-corrected chi connectivity index (χ4v) is 1.08. The van der Waals surface area contributed by atoms with Crippen molar-refractivity contribution < 1.29 is 8.42 Å². The number of hydrogen-bond donors (Lipinski definition) is 2. The molecule has 4 nitrogen and oxygen atoms in total. The van der Waals surface area contributed by atoms with Crippen LogP contribution in [0, 0.1) is 0 Å². The summed E-state index contributed by atoms with van der Waals surface area (Å²) in [6, 6.07) is 0.847. The van der Waals surface area contributed by atoms with E-state index in [-0.39, 0.29) is 0 Å². The van der Waals surface area contributed by atoms with Crippen molar-refractivity contribution in [3.8, 4) is 0 Å². The maximum absolute atomic E-state index is 8.81. The summed E-state index contributed by atoms with van der Waals surface area (Å²) in [7, 11) is -0.428. The Labute approximate surface area is 69.5 Å². The molecular weight excluding hydrogens is 164 g/mol. The Hall–Kier alpha value is -0.130. The van der Waals surface area contributed by atoms with Crippen molar-refractivity contribution in [3.63, 3.8) is 0 Å². The molecule has 1 fully saturated rings. The zero-order valence-corrected chi connectivity index (χ0v) is 7.88. The highest BCUT2D eigenvalue weighted by Crippen LogP contribution is 2.12. The van der Waals surface area contributed by atoms with Crippen molar-refractivity contribution in [3.05, 3.63) is 0 Å². The van der Waals surface area contributed by atoms with E-state index in [1.807, 2.05) is 0 Å². The van der Waals surface area contributed by atoms with Gasteiger partial charge in [-0.1, -0.05) is 0 Å². The van der Waals surface area contributed by atoms with E-state index < -0.39 is 10.9 Å². The fourth-order valence-electron chi connectivity index (χ4n) is 1.08. The smallest absolute Gasteiger partial charge is 0.198 e. The summed E-state index contributed by atoms with van der Waals surface area (Å²) in [6.07, 6.45) is 2.80. The molecule has 1 unspecified atom stereocenters. The molecule has 68 valence electrons. The van der Waals surface area contributed by atoms with Gasteiger partial charge in [-0.15, -0.1) is 0 Å². The average Bonchev–Trinajstić information content (AvgIpc) is 2.15. The van der Waals surface area contributed by atoms with Gasteiger partial charge in [0.25, 0.3) is 0 Å². The third-order valence-electron chi connectivity index (χ3n) is 1.89. The number of nitrogens with two attached hydrogens (primary N) is 1. The summed E-state index contributed by atoms with van der Waals surface area (Å²) in [5.41, 5.74) is 0. The van der Waals surface area contributed by atoms with Crippen molar-refractivity contribution in [2.75, 3.05) is 13.6 Å². The number of hydrogen-bond acceptors (Lipinski definition) is 3. The highest BCUT2D eigenvalue weighted by Gasteiger charge is 2.14. The number of likely N-dealkylation sites (tertiary alicyclic amines) is 1. The zero-order chi connectivity index (χ0) is 8.85. The summed E-state index contributed by atoms with van der Waals surface area (Å²) in [5, 5.41) is 4.06. The lowest BCUT2D eigenvalue weighted by molar-refractivity contribution is 0.331. The maximum Gasteiger partial charge on any atom is 0.198 e. The van der Waals surface area contributed by atoms with Gasteiger partial charge in [-0.3, -0.25) is 0 Å². The van der Waals surface area contributed by atoms with Gasteiger partial charge in [0.05, 0.1) is 0 Å². The van der Waals surface area contributed by atoms with Gasteiger partial charge in [-0.25, -0.2) is 13.6 Å². The first-order valence-corrected chi connectivity index (χ1v) is 4.88. The van der Waals surface area contributed by atoms with Gasteiger partial charge in [0, 0.05) is 6.04 Å². The van der Waals surface area contributed by atoms with E-state index in [9.17, 15) is 0 Å². The predicted octanol–water partition coefficient (Wildman–Crippen LogP) is -0.428. The van der Waals surface area contributed by atoms with Crippen LogP contribution >= 0.6 is 0 Å². The van der Waals surface area contributed by atoms with Crippen LogP contribution in [0.3, 0.4) is 0 Å². The molecule has 0 spiro atoms. The maximum atomic E-state index is 8.81. The van der Waals surface area contributed by atoms with E-state index in [0.29, 0.717) is 0 Å². The van der Waals surface area contributed by atoms with Crippen molar-refractivity contribution in [2.45, 2.75) is 25.8 Å². The summed E-state index contributed by atoms with van der Waals surface area (Å²) < 4.78 is 17.6. The predicted molar refractivity (Wildman–Crippen MR) is 45.8 cm³/mol.